The van der Waals surface area contributed by atoms with Crippen molar-refractivity contribution in [3.63, 3.8) is 0 Å². The van der Waals surface area contributed by atoms with Gasteiger partial charge in [-0.15, -0.1) is 0 Å². The molecular formula is C23H31NO. The summed E-state index contributed by atoms with van der Waals surface area (Å²) < 4.78 is 5.78. The van der Waals surface area contributed by atoms with E-state index in [0.717, 1.165) is 24.8 Å². The van der Waals surface area contributed by atoms with Crippen LogP contribution in [-0.2, 0) is 6.42 Å². The second kappa shape index (κ2) is 10.2. The highest BCUT2D eigenvalue weighted by Crippen LogP contribution is 2.21. The summed E-state index contributed by atoms with van der Waals surface area (Å²) in [5, 5.41) is 0. The van der Waals surface area contributed by atoms with Gasteiger partial charge >= 0.3 is 0 Å². The van der Waals surface area contributed by atoms with Crippen molar-refractivity contribution in [3.05, 3.63) is 66.2 Å². The number of rotatable bonds is 9. The molecule has 2 aromatic rings. The Bertz CT molecular complexity index is 584. The van der Waals surface area contributed by atoms with Crippen LogP contribution in [0.25, 0.3) is 0 Å². The van der Waals surface area contributed by atoms with E-state index in [4.69, 9.17) is 4.74 Å². The summed E-state index contributed by atoms with van der Waals surface area (Å²) in [5.41, 5.74) is 1.48. The van der Waals surface area contributed by atoms with Gasteiger partial charge in [0.25, 0.3) is 0 Å². The minimum absolute atomic E-state index is 0.733. The predicted octanol–water partition coefficient (Wildman–Crippen LogP) is 5.33. The fourth-order valence-corrected chi connectivity index (χ4v) is 3.77. The van der Waals surface area contributed by atoms with E-state index >= 15 is 0 Å². The minimum Gasteiger partial charge on any atom is -0.494 e. The maximum atomic E-state index is 5.78. The lowest BCUT2D eigenvalue weighted by Gasteiger charge is -2.36. The summed E-state index contributed by atoms with van der Waals surface area (Å²) in [5.74, 6) is 0.987. The first-order valence-corrected chi connectivity index (χ1v) is 9.87. The molecule has 1 fully saturated rings. The molecule has 0 aliphatic carbocycles. The molecule has 0 spiro atoms. The average Bonchev–Trinajstić information content (AvgIpc) is 2.67. The van der Waals surface area contributed by atoms with E-state index in [1.54, 1.807) is 0 Å². The lowest BCUT2D eigenvalue weighted by Crippen LogP contribution is -2.41. The molecule has 1 saturated heterocycles. The predicted molar refractivity (Wildman–Crippen MR) is 105 cm³/mol. The lowest BCUT2D eigenvalue weighted by molar-refractivity contribution is 0.143. The van der Waals surface area contributed by atoms with E-state index in [2.05, 4.69) is 35.2 Å². The number of benzene rings is 2. The molecule has 134 valence electrons. The van der Waals surface area contributed by atoms with Gasteiger partial charge in [-0.2, -0.15) is 0 Å². The van der Waals surface area contributed by atoms with Gasteiger partial charge in [0.05, 0.1) is 6.61 Å². The van der Waals surface area contributed by atoms with Crippen molar-refractivity contribution in [2.45, 2.75) is 51.0 Å². The van der Waals surface area contributed by atoms with Crippen molar-refractivity contribution in [1.82, 2.24) is 4.90 Å². The van der Waals surface area contributed by atoms with Crippen molar-refractivity contribution >= 4 is 0 Å². The summed E-state index contributed by atoms with van der Waals surface area (Å²) in [7, 11) is 0. The molecule has 1 aliphatic heterocycles. The van der Waals surface area contributed by atoms with Gasteiger partial charge in [-0.05, 0) is 69.3 Å². The third-order valence-electron chi connectivity index (χ3n) is 5.16. The summed E-state index contributed by atoms with van der Waals surface area (Å²) in [4.78, 5) is 2.73. The normalized spacial score (nSPS) is 18.2. The highest BCUT2D eigenvalue weighted by Gasteiger charge is 2.21. The third kappa shape index (κ3) is 6.21. The van der Waals surface area contributed by atoms with Crippen molar-refractivity contribution in [1.29, 1.82) is 0 Å². The Morgan fingerprint density at radius 1 is 0.840 bits per heavy atom. The monoisotopic (exact) mass is 337 g/mol. The number of ether oxygens (including phenoxy) is 1. The summed E-state index contributed by atoms with van der Waals surface area (Å²) in [6.45, 7) is 3.35. The maximum absolute atomic E-state index is 5.78. The van der Waals surface area contributed by atoms with Gasteiger partial charge in [0, 0.05) is 6.04 Å². The molecule has 2 heteroatoms. The van der Waals surface area contributed by atoms with Crippen LogP contribution in [0.4, 0.5) is 0 Å². The molecule has 1 atom stereocenters. The van der Waals surface area contributed by atoms with Crippen LogP contribution in [0, 0.1) is 0 Å². The first kappa shape index (κ1) is 18.0. The molecule has 0 N–H and O–H groups in total. The van der Waals surface area contributed by atoms with E-state index in [0.29, 0.717) is 0 Å². The summed E-state index contributed by atoms with van der Waals surface area (Å²) >= 11 is 0. The van der Waals surface area contributed by atoms with Crippen LogP contribution in [0.5, 0.6) is 5.75 Å². The van der Waals surface area contributed by atoms with Gasteiger partial charge in [0.2, 0.25) is 0 Å². The zero-order chi connectivity index (χ0) is 17.2. The SMILES string of the molecule is c1ccc(CC2CCCCN2CCCCCOc2ccccc2)cc1. The lowest BCUT2D eigenvalue weighted by atomic mass is 9.95. The topological polar surface area (TPSA) is 12.5 Å². The smallest absolute Gasteiger partial charge is 0.119 e. The van der Waals surface area contributed by atoms with E-state index in [9.17, 15) is 0 Å². The van der Waals surface area contributed by atoms with E-state index in [1.807, 2.05) is 30.3 Å². The van der Waals surface area contributed by atoms with Gasteiger partial charge in [0.1, 0.15) is 5.75 Å². The van der Waals surface area contributed by atoms with Crippen molar-refractivity contribution in [3.8, 4) is 5.75 Å². The molecule has 0 saturated carbocycles. The Kier molecular flexibility index (Phi) is 7.38. The first-order chi connectivity index (χ1) is 12.4. The van der Waals surface area contributed by atoms with E-state index in [1.165, 1.54) is 57.2 Å². The first-order valence-electron chi connectivity index (χ1n) is 9.87. The Morgan fingerprint density at radius 3 is 2.40 bits per heavy atom. The van der Waals surface area contributed by atoms with Gasteiger partial charge in [0.15, 0.2) is 0 Å². The van der Waals surface area contributed by atoms with Crippen molar-refractivity contribution < 1.29 is 4.74 Å². The maximum Gasteiger partial charge on any atom is 0.119 e. The van der Waals surface area contributed by atoms with Crippen molar-refractivity contribution in [2.24, 2.45) is 0 Å². The summed E-state index contributed by atoms with van der Waals surface area (Å²) in [6, 6.07) is 21.8. The molecule has 1 heterocycles. The molecule has 0 radical (unpaired) electrons. The molecule has 0 aromatic heterocycles. The molecule has 2 nitrogen and oxygen atoms in total. The van der Waals surface area contributed by atoms with Gasteiger partial charge < -0.3 is 9.64 Å². The van der Waals surface area contributed by atoms with Gasteiger partial charge in [-0.25, -0.2) is 0 Å². The fourth-order valence-electron chi connectivity index (χ4n) is 3.77. The Labute approximate surface area is 152 Å². The number of nitrogens with zero attached hydrogens (tertiary/aromatic N) is 1. The standard InChI is InChI=1S/C23H31NO/c1-4-12-21(13-5-1)20-22-14-8-10-18-24(22)17-9-3-11-19-25-23-15-6-2-7-16-23/h1-2,4-7,12-13,15-16,22H,3,8-11,14,17-20H2. The second-order valence-electron chi connectivity index (χ2n) is 7.10. The number of hydrogen-bond donors (Lipinski definition) is 0. The largest absolute Gasteiger partial charge is 0.494 e. The van der Waals surface area contributed by atoms with Crippen LogP contribution in [0.1, 0.15) is 44.1 Å². The fraction of sp³-hybridized carbons (Fsp3) is 0.478. The van der Waals surface area contributed by atoms with Crippen LogP contribution in [-0.4, -0.2) is 30.6 Å². The zero-order valence-corrected chi connectivity index (χ0v) is 15.3. The minimum atomic E-state index is 0.733. The highest BCUT2D eigenvalue weighted by molar-refractivity contribution is 5.20. The Balaban J connectivity index is 1.34. The van der Waals surface area contributed by atoms with Crippen LogP contribution in [0.15, 0.2) is 60.7 Å². The molecule has 1 aliphatic rings. The Morgan fingerprint density at radius 2 is 1.60 bits per heavy atom. The van der Waals surface area contributed by atoms with Gasteiger partial charge in [-0.3, -0.25) is 0 Å². The second-order valence-corrected chi connectivity index (χ2v) is 7.10. The number of likely N-dealkylation sites (tertiary alicyclic amines) is 1. The highest BCUT2D eigenvalue weighted by atomic mass is 16.5. The molecule has 1 unspecified atom stereocenters. The number of piperidine rings is 1. The van der Waals surface area contributed by atoms with Crippen LogP contribution in [0.3, 0.4) is 0 Å². The number of para-hydroxylation sites is 1. The zero-order valence-electron chi connectivity index (χ0n) is 15.3. The molecule has 0 amide bonds. The number of hydrogen-bond acceptors (Lipinski definition) is 2. The average molecular weight is 338 g/mol. The van der Waals surface area contributed by atoms with E-state index < -0.39 is 0 Å². The van der Waals surface area contributed by atoms with Crippen molar-refractivity contribution in [2.75, 3.05) is 19.7 Å². The third-order valence-corrected chi connectivity index (χ3v) is 5.16. The Hall–Kier alpha value is -1.80. The van der Waals surface area contributed by atoms with Gasteiger partial charge in [-0.1, -0.05) is 55.0 Å². The van der Waals surface area contributed by atoms with Crippen LogP contribution < -0.4 is 4.74 Å². The molecule has 0 bridgehead atoms. The number of unbranched alkanes of at least 4 members (excludes halogenated alkanes) is 2. The molecule has 25 heavy (non-hydrogen) atoms. The molecular weight excluding hydrogens is 306 g/mol. The summed E-state index contributed by atoms with van der Waals surface area (Å²) in [6.07, 6.45) is 8.99. The molecule has 3 rings (SSSR count). The van der Waals surface area contributed by atoms with Crippen LogP contribution in [0.2, 0.25) is 0 Å². The molecule has 2 aromatic carbocycles. The van der Waals surface area contributed by atoms with Crippen LogP contribution >= 0.6 is 0 Å². The quantitative estimate of drug-likeness (QED) is 0.573. The van der Waals surface area contributed by atoms with E-state index in [-0.39, 0.29) is 0 Å².